The zero-order valence-corrected chi connectivity index (χ0v) is 59.3. The van der Waals surface area contributed by atoms with Crippen molar-refractivity contribution < 1.29 is 0 Å². The lowest BCUT2D eigenvalue weighted by atomic mass is 9.99. The predicted octanol–water partition coefficient (Wildman–Crippen LogP) is 28.0. The molecular formula is C98H57N5S3. The largest absolute Gasteiger partial charge is 0.309 e. The second-order valence-electron chi connectivity index (χ2n) is 27.9. The van der Waals surface area contributed by atoms with Crippen LogP contribution in [0.25, 0.3) is 221 Å². The molecule has 0 amide bonds. The Kier molecular flexibility index (Phi) is 13.0. The first-order chi connectivity index (χ1) is 52.5. The monoisotopic (exact) mass is 1400 g/mol. The molecule has 0 saturated carbocycles. The van der Waals surface area contributed by atoms with Crippen molar-refractivity contribution >= 4 is 171 Å². The van der Waals surface area contributed by atoms with E-state index in [1.54, 1.807) is 0 Å². The van der Waals surface area contributed by atoms with Gasteiger partial charge in [0, 0.05) is 126 Å². The van der Waals surface area contributed by atoms with E-state index in [4.69, 9.17) is 9.97 Å². The maximum absolute atomic E-state index is 5.66. The average Bonchev–Trinajstić information content (AvgIpc) is 1.57. The number of hydrogen-bond donors (Lipinski definition) is 0. The summed E-state index contributed by atoms with van der Waals surface area (Å²) in [7, 11) is 0. The van der Waals surface area contributed by atoms with Crippen LogP contribution in [0.15, 0.2) is 346 Å². The summed E-state index contributed by atoms with van der Waals surface area (Å²) in [5, 5.41) is 16.2. The van der Waals surface area contributed by atoms with Gasteiger partial charge in [-0.15, -0.1) is 34.0 Å². The fourth-order valence-electron chi connectivity index (χ4n) is 17.0. The normalized spacial score (nSPS) is 12.2. The molecule has 7 aromatic heterocycles. The molecule has 0 atom stereocenters. The molecule has 0 aliphatic rings. The van der Waals surface area contributed by atoms with Crippen LogP contribution < -0.4 is 0 Å². The molecule has 0 saturated heterocycles. The highest BCUT2D eigenvalue weighted by Gasteiger charge is 2.22. The summed E-state index contributed by atoms with van der Waals surface area (Å²) < 4.78 is 15.1. The molecule has 8 heteroatoms. The summed E-state index contributed by atoms with van der Waals surface area (Å²) in [6.07, 6.45) is 0. The average molecular weight is 1400 g/mol. The first kappa shape index (κ1) is 59.4. The molecule has 492 valence electrons. The van der Waals surface area contributed by atoms with Gasteiger partial charge in [0.2, 0.25) is 0 Å². The molecule has 0 fully saturated rings. The van der Waals surface area contributed by atoms with Gasteiger partial charge in [-0.3, -0.25) is 0 Å². The quantitative estimate of drug-likeness (QED) is 0.144. The van der Waals surface area contributed by atoms with Crippen LogP contribution in [0.1, 0.15) is 0 Å². The van der Waals surface area contributed by atoms with Crippen LogP contribution in [0.3, 0.4) is 0 Å². The Hall–Kier alpha value is -13.1. The van der Waals surface area contributed by atoms with E-state index in [1.165, 1.54) is 137 Å². The molecule has 0 aliphatic heterocycles. The summed E-state index contributed by atoms with van der Waals surface area (Å²) in [6.45, 7) is 0. The lowest BCUT2D eigenvalue weighted by Gasteiger charge is -2.14. The van der Waals surface area contributed by atoms with E-state index in [-0.39, 0.29) is 0 Å². The molecule has 5 nitrogen and oxygen atoms in total. The van der Waals surface area contributed by atoms with Crippen molar-refractivity contribution in [2.75, 3.05) is 0 Å². The molecule has 23 rings (SSSR count). The number of rotatable bonds is 9. The zero-order chi connectivity index (χ0) is 69.2. The number of fused-ring (bicyclic) bond motifs is 19. The minimum absolute atomic E-state index is 0.662. The SMILES string of the molecule is c1ccc2c(c1)sc1cc(-c3ccc4c5ccccc5n(-c5ccc(-c6ccc7nc(-c8ccc(-n9c%10ccccc%10c%10ccc(-c%11ccc%12c(c%11)sc%11ccccc%11%12)cc%109)cc8)nc(-c8ccc(-n9c%10ccccc%10c%10ccc(-c%11ccc%12c(c%11)sc%11ccccc%11%12)cc%109)cc8)c7c6)cc5)c4c3)ccc12. The summed E-state index contributed by atoms with van der Waals surface area (Å²) in [5.41, 5.74) is 23.3. The molecule has 0 bridgehead atoms. The molecule has 0 unspecified atom stereocenters. The van der Waals surface area contributed by atoms with Crippen LogP contribution in [0, 0.1) is 0 Å². The second-order valence-corrected chi connectivity index (χ2v) is 31.2. The molecule has 16 aromatic carbocycles. The summed E-state index contributed by atoms with van der Waals surface area (Å²) in [5.74, 6) is 0.662. The van der Waals surface area contributed by atoms with E-state index in [9.17, 15) is 0 Å². The van der Waals surface area contributed by atoms with E-state index in [0.717, 1.165) is 78.0 Å². The molecule has 0 aliphatic carbocycles. The predicted molar refractivity (Wildman–Crippen MR) is 454 cm³/mol. The van der Waals surface area contributed by atoms with Crippen LogP contribution >= 0.6 is 34.0 Å². The van der Waals surface area contributed by atoms with Gasteiger partial charge >= 0.3 is 0 Å². The number of hydrogen-bond acceptors (Lipinski definition) is 5. The highest BCUT2D eigenvalue weighted by Crippen LogP contribution is 2.45. The topological polar surface area (TPSA) is 40.6 Å². The van der Waals surface area contributed by atoms with Gasteiger partial charge in [-0.05, 0) is 178 Å². The van der Waals surface area contributed by atoms with E-state index in [1.807, 2.05) is 34.0 Å². The van der Waals surface area contributed by atoms with Gasteiger partial charge in [-0.25, -0.2) is 9.97 Å². The summed E-state index contributed by atoms with van der Waals surface area (Å²) >= 11 is 5.59. The third kappa shape index (κ3) is 9.25. The van der Waals surface area contributed by atoms with Gasteiger partial charge in [0.05, 0.1) is 44.3 Å². The Balaban J connectivity index is 0.638. The Labute approximate surface area is 619 Å². The number of benzene rings is 16. The van der Waals surface area contributed by atoms with Crippen molar-refractivity contribution in [3.8, 4) is 84.2 Å². The standard InChI is InChI=1S/C98H57N5S3/c1-7-19-85-71(13-1)74-44-31-62(65-34-47-80-77-16-4-10-22-91(77)104-94(80)55-65)52-88(74)101(85)68-38-25-58(26-39-68)61-37-50-84-83(51-61)97(59-27-40-69(41-28-59)102-86-20-8-2-14-72(86)75-45-32-63(53-89(75)102)66-35-48-81-78-17-5-11-23-92(78)105-95(81)56-66)100-98(99-84)60-29-42-70(43-30-60)103-87-21-9-3-15-73(87)76-46-33-64(54-90(76)103)67-36-49-82-79-18-6-12-24-93(79)106-96(82)57-67/h1-57H. The highest BCUT2D eigenvalue weighted by atomic mass is 32.1. The van der Waals surface area contributed by atoms with Crippen LogP contribution in [-0.2, 0) is 0 Å². The Morgan fingerprint density at radius 1 is 0.179 bits per heavy atom. The first-order valence-corrected chi connectivity index (χ1v) is 38.4. The van der Waals surface area contributed by atoms with Crippen molar-refractivity contribution in [3.63, 3.8) is 0 Å². The van der Waals surface area contributed by atoms with Gasteiger partial charge in [-0.1, -0.05) is 212 Å². The van der Waals surface area contributed by atoms with Crippen LogP contribution in [0.4, 0.5) is 0 Å². The smallest absolute Gasteiger partial charge is 0.160 e. The van der Waals surface area contributed by atoms with Crippen molar-refractivity contribution in [3.05, 3.63) is 346 Å². The molecule has 23 aromatic rings. The lowest BCUT2D eigenvalue weighted by Crippen LogP contribution is -1.98. The van der Waals surface area contributed by atoms with Crippen LogP contribution in [0.5, 0.6) is 0 Å². The Bertz CT molecular complexity index is 7630. The number of para-hydroxylation sites is 3. The molecule has 7 heterocycles. The van der Waals surface area contributed by atoms with E-state index in [0.29, 0.717) is 5.82 Å². The third-order valence-corrected chi connectivity index (χ3v) is 25.5. The number of nitrogens with zero attached hydrogens (tertiary/aromatic N) is 5. The van der Waals surface area contributed by atoms with E-state index in [2.05, 4.69) is 359 Å². The molecule has 106 heavy (non-hydrogen) atoms. The first-order valence-electron chi connectivity index (χ1n) is 36.0. The van der Waals surface area contributed by atoms with Gasteiger partial charge in [0.15, 0.2) is 5.82 Å². The van der Waals surface area contributed by atoms with Crippen LogP contribution in [-0.4, -0.2) is 23.7 Å². The third-order valence-electron chi connectivity index (χ3n) is 22.1. The molecule has 0 N–H and O–H groups in total. The fraction of sp³-hybridized carbons (Fsp3) is 0. The highest BCUT2D eigenvalue weighted by molar-refractivity contribution is 7.26. The molecular weight excluding hydrogens is 1340 g/mol. The zero-order valence-electron chi connectivity index (χ0n) is 56.9. The summed E-state index contributed by atoms with van der Waals surface area (Å²) in [4.78, 5) is 11.1. The fourth-order valence-corrected chi connectivity index (χ4v) is 20.4. The van der Waals surface area contributed by atoms with Gasteiger partial charge in [0.1, 0.15) is 0 Å². The summed E-state index contributed by atoms with van der Waals surface area (Å²) in [6, 6.07) is 128. The van der Waals surface area contributed by atoms with Crippen molar-refractivity contribution in [1.29, 1.82) is 0 Å². The van der Waals surface area contributed by atoms with Crippen molar-refractivity contribution in [2.45, 2.75) is 0 Å². The maximum atomic E-state index is 5.66. The van der Waals surface area contributed by atoms with Gasteiger partial charge in [0.25, 0.3) is 0 Å². The molecule has 0 spiro atoms. The van der Waals surface area contributed by atoms with E-state index >= 15 is 0 Å². The number of thiophene rings is 3. The van der Waals surface area contributed by atoms with E-state index < -0.39 is 0 Å². The Morgan fingerprint density at radius 3 is 0.858 bits per heavy atom. The van der Waals surface area contributed by atoms with Crippen molar-refractivity contribution in [1.82, 2.24) is 23.7 Å². The second kappa shape index (κ2) is 23.2. The van der Waals surface area contributed by atoms with Gasteiger partial charge in [-0.2, -0.15) is 0 Å². The molecule has 0 radical (unpaired) electrons. The minimum atomic E-state index is 0.662. The minimum Gasteiger partial charge on any atom is -0.309 e. The maximum Gasteiger partial charge on any atom is 0.160 e. The van der Waals surface area contributed by atoms with Crippen LogP contribution in [0.2, 0.25) is 0 Å². The number of aromatic nitrogens is 5. The van der Waals surface area contributed by atoms with Crippen molar-refractivity contribution in [2.24, 2.45) is 0 Å². The lowest BCUT2D eigenvalue weighted by molar-refractivity contribution is 1.17. The van der Waals surface area contributed by atoms with Gasteiger partial charge < -0.3 is 13.7 Å². The Morgan fingerprint density at radius 2 is 0.462 bits per heavy atom.